The summed E-state index contributed by atoms with van der Waals surface area (Å²) in [5, 5.41) is 7.20. The summed E-state index contributed by atoms with van der Waals surface area (Å²) in [5.74, 6) is 1.32. The van der Waals surface area contributed by atoms with E-state index < -0.39 is 0 Å². The molecule has 0 saturated carbocycles. The first-order valence-electron chi connectivity index (χ1n) is 8.24. The highest BCUT2D eigenvalue weighted by Crippen LogP contribution is 2.22. The summed E-state index contributed by atoms with van der Waals surface area (Å²) in [5.41, 5.74) is 1.46. The second kappa shape index (κ2) is 8.62. The monoisotopic (exact) mass is 414 g/mol. The van der Waals surface area contributed by atoms with Crippen molar-refractivity contribution < 1.29 is 9.53 Å². The highest BCUT2D eigenvalue weighted by atomic mass is 79.9. The van der Waals surface area contributed by atoms with E-state index in [9.17, 15) is 4.79 Å². The summed E-state index contributed by atoms with van der Waals surface area (Å²) in [7, 11) is 1.58. The molecule has 2 aromatic carbocycles. The average Bonchev–Trinajstić information content (AvgIpc) is 2.68. The van der Waals surface area contributed by atoms with Crippen molar-refractivity contribution in [3.8, 4) is 5.75 Å². The van der Waals surface area contributed by atoms with E-state index in [4.69, 9.17) is 4.74 Å². The SMILES string of the molecule is COc1ccc(Br)c(C(=O)NCCCNc2ncnc3ccccc23)c1. The third-order valence-electron chi connectivity index (χ3n) is 3.89. The summed E-state index contributed by atoms with van der Waals surface area (Å²) in [4.78, 5) is 20.8. The Labute approximate surface area is 160 Å². The Hall–Kier alpha value is -2.67. The van der Waals surface area contributed by atoms with Gasteiger partial charge in [0, 0.05) is 22.9 Å². The van der Waals surface area contributed by atoms with Crippen LogP contribution in [0, 0.1) is 0 Å². The van der Waals surface area contributed by atoms with Gasteiger partial charge in [-0.05, 0) is 52.7 Å². The summed E-state index contributed by atoms with van der Waals surface area (Å²) in [6.07, 6.45) is 2.32. The number of hydrogen-bond acceptors (Lipinski definition) is 5. The summed E-state index contributed by atoms with van der Waals surface area (Å²) in [6.45, 7) is 1.25. The van der Waals surface area contributed by atoms with Crippen LogP contribution in [0.15, 0.2) is 53.3 Å². The van der Waals surface area contributed by atoms with Crippen LogP contribution in [0.5, 0.6) is 5.75 Å². The average molecular weight is 415 g/mol. The molecular formula is C19H19BrN4O2. The molecule has 3 rings (SSSR count). The van der Waals surface area contributed by atoms with E-state index in [-0.39, 0.29) is 5.91 Å². The van der Waals surface area contributed by atoms with Gasteiger partial charge in [-0.1, -0.05) is 12.1 Å². The number of anilines is 1. The van der Waals surface area contributed by atoms with Gasteiger partial charge in [0.15, 0.2) is 0 Å². The number of amides is 1. The lowest BCUT2D eigenvalue weighted by atomic mass is 10.2. The third-order valence-corrected chi connectivity index (χ3v) is 4.58. The van der Waals surface area contributed by atoms with Gasteiger partial charge in [-0.2, -0.15) is 0 Å². The fourth-order valence-corrected chi connectivity index (χ4v) is 2.97. The molecular weight excluding hydrogens is 396 g/mol. The molecule has 0 saturated heterocycles. The van der Waals surface area contributed by atoms with Crippen LogP contribution in [0.1, 0.15) is 16.8 Å². The molecule has 1 aromatic heterocycles. The van der Waals surface area contributed by atoms with Gasteiger partial charge in [0.1, 0.15) is 17.9 Å². The molecule has 3 aromatic rings. The number of carbonyl (C=O) groups is 1. The molecule has 2 N–H and O–H groups in total. The largest absolute Gasteiger partial charge is 0.497 e. The first-order valence-corrected chi connectivity index (χ1v) is 9.03. The van der Waals surface area contributed by atoms with E-state index in [0.717, 1.165) is 27.6 Å². The van der Waals surface area contributed by atoms with Gasteiger partial charge >= 0.3 is 0 Å². The predicted octanol–water partition coefficient (Wildman–Crippen LogP) is 3.63. The van der Waals surface area contributed by atoms with Crippen LogP contribution in [0.2, 0.25) is 0 Å². The van der Waals surface area contributed by atoms with Crippen molar-refractivity contribution in [3.63, 3.8) is 0 Å². The number of rotatable bonds is 7. The van der Waals surface area contributed by atoms with Crippen molar-refractivity contribution in [2.45, 2.75) is 6.42 Å². The Morgan fingerprint density at radius 2 is 2.00 bits per heavy atom. The highest BCUT2D eigenvalue weighted by molar-refractivity contribution is 9.10. The maximum Gasteiger partial charge on any atom is 0.252 e. The van der Waals surface area contributed by atoms with E-state index in [1.165, 1.54) is 0 Å². The molecule has 0 atom stereocenters. The smallest absolute Gasteiger partial charge is 0.252 e. The Morgan fingerprint density at radius 1 is 1.15 bits per heavy atom. The number of halogens is 1. The van der Waals surface area contributed by atoms with Crippen LogP contribution >= 0.6 is 15.9 Å². The van der Waals surface area contributed by atoms with Crippen molar-refractivity contribution in [2.75, 3.05) is 25.5 Å². The van der Waals surface area contributed by atoms with Crippen molar-refractivity contribution >= 4 is 38.6 Å². The van der Waals surface area contributed by atoms with Crippen LogP contribution in [-0.2, 0) is 0 Å². The summed E-state index contributed by atoms with van der Waals surface area (Å²) >= 11 is 3.39. The second-order valence-electron chi connectivity index (χ2n) is 5.62. The summed E-state index contributed by atoms with van der Waals surface area (Å²) in [6, 6.07) is 13.2. The van der Waals surface area contributed by atoms with Crippen LogP contribution in [0.25, 0.3) is 10.9 Å². The highest BCUT2D eigenvalue weighted by Gasteiger charge is 2.10. The fraction of sp³-hybridized carbons (Fsp3) is 0.211. The molecule has 0 spiro atoms. The van der Waals surface area contributed by atoms with Gasteiger partial charge in [-0.15, -0.1) is 0 Å². The van der Waals surface area contributed by atoms with Crippen LogP contribution in [-0.4, -0.2) is 36.1 Å². The molecule has 0 unspecified atom stereocenters. The minimum Gasteiger partial charge on any atom is -0.497 e. The maximum atomic E-state index is 12.3. The fourth-order valence-electron chi connectivity index (χ4n) is 2.54. The molecule has 1 amide bonds. The number of ether oxygens (including phenoxy) is 1. The number of carbonyl (C=O) groups excluding carboxylic acids is 1. The number of methoxy groups -OCH3 is 1. The molecule has 0 bridgehead atoms. The van der Waals surface area contributed by atoms with Gasteiger partial charge in [0.05, 0.1) is 18.2 Å². The minimum absolute atomic E-state index is 0.136. The lowest BCUT2D eigenvalue weighted by Crippen LogP contribution is -2.26. The van der Waals surface area contributed by atoms with Crippen molar-refractivity contribution in [3.05, 3.63) is 58.8 Å². The molecule has 134 valence electrons. The van der Waals surface area contributed by atoms with Crippen molar-refractivity contribution in [1.29, 1.82) is 0 Å². The molecule has 0 fully saturated rings. The van der Waals surface area contributed by atoms with Crippen LogP contribution < -0.4 is 15.4 Å². The molecule has 0 aliphatic rings. The van der Waals surface area contributed by atoms with E-state index >= 15 is 0 Å². The topological polar surface area (TPSA) is 76.1 Å². The van der Waals surface area contributed by atoms with E-state index in [2.05, 4.69) is 36.5 Å². The molecule has 1 heterocycles. The van der Waals surface area contributed by atoms with Crippen LogP contribution in [0.4, 0.5) is 5.82 Å². The predicted molar refractivity (Wildman–Crippen MR) is 106 cm³/mol. The first-order chi connectivity index (χ1) is 12.7. The Bertz CT molecular complexity index is 912. The number of nitrogens with one attached hydrogen (secondary N) is 2. The standard InChI is InChI=1S/C19H19BrN4O2/c1-26-13-7-8-16(20)15(11-13)19(25)22-10-4-9-21-18-14-5-2-3-6-17(14)23-12-24-18/h2-3,5-8,11-12H,4,9-10H2,1H3,(H,22,25)(H,21,23,24). The first kappa shape index (κ1) is 18.1. The Balaban J connectivity index is 1.50. The number of para-hydroxylation sites is 1. The van der Waals surface area contributed by atoms with Crippen molar-refractivity contribution in [1.82, 2.24) is 15.3 Å². The maximum absolute atomic E-state index is 12.3. The molecule has 0 aliphatic carbocycles. The zero-order valence-electron chi connectivity index (χ0n) is 14.3. The zero-order chi connectivity index (χ0) is 18.4. The quantitative estimate of drug-likeness (QED) is 0.577. The lowest BCUT2D eigenvalue weighted by Gasteiger charge is -2.10. The van der Waals surface area contributed by atoms with E-state index in [1.807, 2.05) is 24.3 Å². The van der Waals surface area contributed by atoms with E-state index in [0.29, 0.717) is 24.4 Å². The minimum atomic E-state index is -0.136. The van der Waals surface area contributed by atoms with Gasteiger partial charge < -0.3 is 15.4 Å². The Morgan fingerprint density at radius 3 is 2.85 bits per heavy atom. The van der Waals surface area contributed by atoms with Gasteiger partial charge in [0.25, 0.3) is 5.91 Å². The van der Waals surface area contributed by atoms with Gasteiger partial charge in [-0.3, -0.25) is 4.79 Å². The van der Waals surface area contributed by atoms with Gasteiger partial charge in [0.2, 0.25) is 0 Å². The lowest BCUT2D eigenvalue weighted by molar-refractivity contribution is 0.0952. The number of fused-ring (bicyclic) bond motifs is 1. The second-order valence-corrected chi connectivity index (χ2v) is 6.48. The van der Waals surface area contributed by atoms with Gasteiger partial charge in [-0.25, -0.2) is 9.97 Å². The third kappa shape index (κ3) is 4.29. The molecule has 0 radical (unpaired) electrons. The van der Waals surface area contributed by atoms with E-state index in [1.54, 1.807) is 31.6 Å². The number of benzene rings is 2. The number of nitrogens with zero attached hydrogens (tertiary/aromatic N) is 2. The number of aromatic nitrogens is 2. The molecule has 26 heavy (non-hydrogen) atoms. The molecule has 7 heteroatoms. The zero-order valence-corrected chi connectivity index (χ0v) is 15.9. The van der Waals surface area contributed by atoms with Crippen LogP contribution in [0.3, 0.4) is 0 Å². The molecule has 0 aliphatic heterocycles. The number of hydrogen-bond donors (Lipinski definition) is 2. The Kier molecular flexibility index (Phi) is 6.01. The molecule has 6 nitrogen and oxygen atoms in total. The normalized spacial score (nSPS) is 10.5. The van der Waals surface area contributed by atoms with Crippen molar-refractivity contribution in [2.24, 2.45) is 0 Å². The summed E-state index contributed by atoms with van der Waals surface area (Å²) < 4.78 is 5.90.